The molecule has 0 radical (unpaired) electrons. The summed E-state index contributed by atoms with van der Waals surface area (Å²) >= 11 is 6.71. The lowest BCUT2D eigenvalue weighted by Gasteiger charge is -2.33. The maximum Gasteiger partial charge on any atom is 0.293 e. The molecule has 6 nitrogen and oxygen atoms in total. The van der Waals surface area contributed by atoms with E-state index in [0.717, 1.165) is 29.7 Å². The van der Waals surface area contributed by atoms with Crippen molar-refractivity contribution in [2.24, 2.45) is 17.1 Å². The number of hydrogen-bond acceptors (Lipinski definition) is 5. The van der Waals surface area contributed by atoms with Crippen LogP contribution in [-0.4, -0.2) is 16.9 Å². The molecule has 2 aromatic rings. The minimum Gasteiger partial charge on any atom is -0.459 e. The van der Waals surface area contributed by atoms with Gasteiger partial charge in [-0.2, -0.15) is 0 Å². The van der Waals surface area contributed by atoms with E-state index in [1.165, 1.54) is 17.6 Å². The summed E-state index contributed by atoms with van der Waals surface area (Å²) in [6, 6.07) is 3.17. The fraction of sp³-hybridized carbons (Fsp3) is 0.421. The minimum absolute atomic E-state index is 0.102. The van der Waals surface area contributed by atoms with Gasteiger partial charge in [-0.1, -0.05) is 20.8 Å². The Kier molecular flexibility index (Phi) is 5.39. The summed E-state index contributed by atoms with van der Waals surface area (Å²) in [6.07, 6.45) is 4.17. The molecule has 144 valence electrons. The number of furan rings is 1. The number of rotatable bonds is 3. The van der Waals surface area contributed by atoms with Crippen LogP contribution in [0.4, 0.5) is 5.00 Å². The van der Waals surface area contributed by atoms with Gasteiger partial charge >= 0.3 is 0 Å². The lowest BCUT2D eigenvalue weighted by atomic mass is 9.72. The van der Waals surface area contributed by atoms with E-state index in [2.05, 4.69) is 31.4 Å². The number of anilines is 1. The Morgan fingerprint density at radius 2 is 2.11 bits per heavy atom. The second-order valence-corrected chi connectivity index (χ2v) is 9.28. The molecule has 1 aliphatic carbocycles. The summed E-state index contributed by atoms with van der Waals surface area (Å²) in [5.41, 5.74) is 7.34. The quantitative estimate of drug-likeness (QED) is 0.676. The van der Waals surface area contributed by atoms with Crippen LogP contribution >= 0.6 is 23.6 Å². The van der Waals surface area contributed by atoms with Crippen LogP contribution in [0.3, 0.4) is 0 Å². The van der Waals surface area contributed by atoms with Crippen LogP contribution in [0.25, 0.3) is 0 Å². The van der Waals surface area contributed by atoms with Crippen LogP contribution in [-0.2, 0) is 12.8 Å². The largest absolute Gasteiger partial charge is 0.459 e. The van der Waals surface area contributed by atoms with Crippen LogP contribution in [0.2, 0.25) is 0 Å². The third-order valence-electron chi connectivity index (χ3n) is 4.94. The van der Waals surface area contributed by atoms with Crippen LogP contribution in [0.1, 0.15) is 58.5 Å². The summed E-state index contributed by atoms with van der Waals surface area (Å²) in [4.78, 5) is 25.3. The molecule has 0 aliphatic heterocycles. The molecule has 0 saturated carbocycles. The molecule has 8 heteroatoms. The highest BCUT2D eigenvalue weighted by molar-refractivity contribution is 7.80. The van der Waals surface area contributed by atoms with Crippen LogP contribution in [0.5, 0.6) is 0 Å². The first-order chi connectivity index (χ1) is 12.7. The first-order valence-electron chi connectivity index (χ1n) is 8.77. The third-order valence-corrected chi connectivity index (χ3v) is 6.31. The summed E-state index contributed by atoms with van der Waals surface area (Å²) in [6.45, 7) is 6.72. The average molecular weight is 406 g/mol. The van der Waals surface area contributed by atoms with Crippen molar-refractivity contribution >= 4 is 45.5 Å². The van der Waals surface area contributed by atoms with Gasteiger partial charge in [0.1, 0.15) is 5.00 Å². The van der Waals surface area contributed by atoms with Gasteiger partial charge in [0.25, 0.3) is 11.8 Å². The Hall–Kier alpha value is -2.19. The molecular weight excluding hydrogens is 382 g/mol. The number of carbonyl (C=O) groups is 2. The van der Waals surface area contributed by atoms with Gasteiger partial charge in [-0.05, 0) is 60.5 Å². The minimum atomic E-state index is -0.482. The van der Waals surface area contributed by atoms with Crippen molar-refractivity contribution in [3.05, 3.63) is 40.2 Å². The van der Waals surface area contributed by atoms with Crippen molar-refractivity contribution in [3.63, 3.8) is 0 Å². The van der Waals surface area contributed by atoms with E-state index in [-0.39, 0.29) is 16.3 Å². The molecule has 1 aliphatic rings. The molecule has 1 atom stereocenters. The van der Waals surface area contributed by atoms with E-state index in [1.54, 1.807) is 12.1 Å². The van der Waals surface area contributed by atoms with Crippen LogP contribution < -0.4 is 16.4 Å². The van der Waals surface area contributed by atoms with Gasteiger partial charge < -0.3 is 15.5 Å². The van der Waals surface area contributed by atoms with Crippen molar-refractivity contribution in [2.75, 3.05) is 5.32 Å². The van der Waals surface area contributed by atoms with Gasteiger partial charge in [0.2, 0.25) is 0 Å². The van der Waals surface area contributed by atoms with Gasteiger partial charge in [-0.25, -0.2) is 0 Å². The Morgan fingerprint density at radius 3 is 2.70 bits per heavy atom. The molecule has 0 saturated heterocycles. The molecule has 2 amide bonds. The lowest BCUT2D eigenvalue weighted by Crippen LogP contribution is -2.34. The maximum atomic E-state index is 12.1. The van der Waals surface area contributed by atoms with Gasteiger partial charge in [0, 0.05) is 4.88 Å². The molecule has 27 heavy (non-hydrogen) atoms. The second kappa shape index (κ2) is 7.44. The number of carbonyl (C=O) groups excluding carboxylic acids is 2. The van der Waals surface area contributed by atoms with Crippen molar-refractivity contribution in [2.45, 2.75) is 40.0 Å². The van der Waals surface area contributed by atoms with Crippen LogP contribution in [0, 0.1) is 11.3 Å². The summed E-state index contributed by atoms with van der Waals surface area (Å²) in [7, 11) is 0. The summed E-state index contributed by atoms with van der Waals surface area (Å²) < 4.78 is 5.05. The second-order valence-electron chi connectivity index (χ2n) is 7.76. The highest BCUT2D eigenvalue weighted by Crippen LogP contribution is 2.44. The first kappa shape index (κ1) is 19.6. The first-order valence-corrected chi connectivity index (χ1v) is 9.99. The van der Waals surface area contributed by atoms with Crippen molar-refractivity contribution in [3.8, 4) is 0 Å². The maximum absolute atomic E-state index is 12.1. The molecular formula is C19H23N3O3S2. The number of amides is 2. The van der Waals surface area contributed by atoms with E-state index in [4.69, 9.17) is 22.4 Å². The Labute approximate surface area is 167 Å². The number of nitrogens with two attached hydrogens (primary N) is 1. The molecule has 0 fully saturated rings. The normalized spacial score (nSPS) is 16.5. The molecule has 2 aromatic heterocycles. The van der Waals surface area contributed by atoms with Gasteiger partial charge in [0.15, 0.2) is 10.9 Å². The summed E-state index contributed by atoms with van der Waals surface area (Å²) in [5, 5.41) is 6.21. The van der Waals surface area contributed by atoms with Gasteiger partial charge in [-0.3, -0.25) is 14.9 Å². The summed E-state index contributed by atoms with van der Waals surface area (Å²) in [5.74, 6) is -0.229. The number of thiocarbonyl (C=S) groups is 1. The molecule has 2 heterocycles. The lowest BCUT2D eigenvalue weighted by molar-refractivity contribution is 0.0949. The monoisotopic (exact) mass is 405 g/mol. The fourth-order valence-corrected chi connectivity index (χ4v) is 4.98. The van der Waals surface area contributed by atoms with E-state index >= 15 is 0 Å². The van der Waals surface area contributed by atoms with Crippen molar-refractivity contribution in [1.29, 1.82) is 0 Å². The molecule has 0 aromatic carbocycles. The predicted molar refractivity (Wildman–Crippen MR) is 110 cm³/mol. The van der Waals surface area contributed by atoms with E-state index < -0.39 is 11.8 Å². The molecule has 0 spiro atoms. The van der Waals surface area contributed by atoms with Gasteiger partial charge in [-0.15, -0.1) is 11.3 Å². The number of fused-ring (bicyclic) bond motifs is 1. The number of hydrogen-bond donors (Lipinski definition) is 3. The standard InChI is InChI=1S/C19H23N3O3S2/c1-19(2,3)10-6-7-11-13(9-10)27-17(14(11)15(20)23)22-18(26)21-16(24)12-5-4-8-25-12/h4-5,8,10H,6-7,9H2,1-3H3,(H2,20,23)(H2,21,22,24,26)/t10-/m0/s1. The van der Waals surface area contributed by atoms with E-state index in [9.17, 15) is 9.59 Å². The topological polar surface area (TPSA) is 97.4 Å². The van der Waals surface area contributed by atoms with Crippen LogP contribution in [0.15, 0.2) is 22.8 Å². The molecule has 0 unspecified atom stereocenters. The van der Waals surface area contributed by atoms with E-state index in [1.807, 2.05) is 0 Å². The zero-order valence-corrected chi connectivity index (χ0v) is 17.2. The van der Waals surface area contributed by atoms with Crippen molar-refractivity contribution in [1.82, 2.24) is 5.32 Å². The Balaban J connectivity index is 1.79. The Morgan fingerprint density at radius 1 is 1.37 bits per heavy atom. The SMILES string of the molecule is CC(C)(C)[C@H]1CCc2c(sc(NC(=S)NC(=O)c3ccco3)c2C(N)=O)C1. The molecule has 4 N–H and O–H groups in total. The molecule has 3 rings (SSSR count). The highest BCUT2D eigenvalue weighted by Gasteiger charge is 2.33. The smallest absolute Gasteiger partial charge is 0.293 e. The van der Waals surface area contributed by atoms with Gasteiger partial charge in [0.05, 0.1) is 11.8 Å². The Bertz CT molecular complexity index is 879. The predicted octanol–water partition coefficient (Wildman–Crippen LogP) is 3.72. The fourth-order valence-electron chi connectivity index (χ4n) is 3.38. The number of nitrogens with one attached hydrogen (secondary N) is 2. The average Bonchev–Trinajstić information content (AvgIpc) is 3.20. The van der Waals surface area contributed by atoms with E-state index in [0.29, 0.717) is 16.5 Å². The highest BCUT2D eigenvalue weighted by atomic mass is 32.1. The molecule has 0 bridgehead atoms. The zero-order chi connectivity index (χ0) is 19.8. The zero-order valence-electron chi connectivity index (χ0n) is 15.5. The number of primary amides is 1. The van der Waals surface area contributed by atoms with Crippen molar-refractivity contribution < 1.29 is 14.0 Å². The number of thiophene rings is 1. The third kappa shape index (κ3) is 4.22.